The summed E-state index contributed by atoms with van der Waals surface area (Å²) in [5.41, 5.74) is 2.72. The Morgan fingerprint density at radius 2 is 2.00 bits per heavy atom. The van der Waals surface area contributed by atoms with Gasteiger partial charge >= 0.3 is 0 Å². The normalized spacial score (nSPS) is 16.9. The molecule has 0 N–H and O–H groups in total. The first-order valence-corrected chi connectivity index (χ1v) is 10.2. The van der Waals surface area contributed by atoms with Gasteiger partial charge in [0.2, 0.25) is 5.91 Å². The number of morpholine rings is 1. The summed E-state index contributed by atoms with van der Waals surface area (Å²) < 4.78 is 16.5. The Kier molecular flexibility index (Phi) is 6.18. The molecule has 2 amide bonds. The van der Waals surface area contributed by atoms with Crippen molar-refractivity contribution in [3.8, 4) is 11.5 Å². The van der Waals surface area contributed by atoms with Crippen LogP contribution in [-0.4, -0.2) is 61.7 Å². The van der Waals surface area contributed by atoms with Gasteiger partial charge in [-0.15, -0.1) is 0 Å². The molecule has 2 aliphatic rings. The van der Waals surface area contributed by atoms with E-state index in [1.807, 2.05) is 30.3 Å². The van der Waals surface area contributed by atoms with Crippen LogP contribution in [0.1, 0.15) is 18.1 Å². The maximum atomic E-state index is 12.3. The number of amides is 2. The highest BCUT2D eigenvalue weighted by molar-refractivity contribution is 5.98. The summed E-state index contributed by atoms with van der Waals surface area (Å²) >= 11 is 0. The predicted octanol–water partition coefficient (Wildman–Crippen LogP) is 2.28. The third-order valence-electron chi connectivity index (χ3n) is 5.29. The van der Waals surface area contributed by atoms with Crippen molar-refractivity contribution in [1.82, 2.24) is 9.88 Å². The lowest BCUT2D eigenvalue weighted by molar-refractivity contribution is -0.137. The van der Waals surface area contributed by atoms with Crippen LogP contribution in [0, 0.1) is 0 Å². The summed E-state index contributed by atoms with van der Waals surface area (Å²) in [4.78, 5) is 32.3. The van der Waals surface area contributed by atoms with Gasteiger partial charge in [-0.05, 0) is 29.8 Å². The van der Waals surface area contributed by atoms with Crippen molar-refractivity contribution in [2.45, 2.75) is 13.3 Å². The second kappa shape index (κ2) is 9.18. The zero-order valence-electron chi connectivity index (χ0n) is 17.7. The van der Waals surface area contributed by atoms with Crippen molar-refractivity contribution >= 4 is 23.7 Å². The number of methoxy groups -OCH3 is 1. The quantitative estimate of drug-likeness (QED) is 0.734. The molecular weight excluding hydrogens is 398 g/mol. The van der Waals surface area contributed by atoms with Crippen molar-refractivity contribution in [2.24, 2.45) is 0 Å². The van der Waals surface area contributed by atoms with Crippen LogP contribution < -0.4 is 14.4 Å². The minimum absolute atomic E-state index is 0.0596. The molecule has 0 aliphatic carbocycles. The molecular formula is C23H25N3O5. The number of fused-ring (bicyclic) bond motifs is 1. The highest BCUT2D eigenvalue weighted by Crippen LogP contribution is 2.35. The molecule has 4 rings (SSSR count). The second-order valence-electron chi connectivity index (χ2n) is 7.35. The van der Waals surface area contributed by atoms with E-state index in [0.717, 1.165) is 16.8 Å². The number of aromatic nitrogens is 1. The van der Waals surface area contributed by atoms with Crippen LogP contribution in [0.25, 0.3) is 6.08 Å². The van der Waals surface area contributed by atoms with Crippen molar-refractivity contribution in [3.63, 3.8) is 0 Å². The molecule has 0 spiro atoms. The number of rotatable bonds is 5. The molecule has 8 heteroatoms. The van der Waals surface area contributed by atoms with Crippen molar-refractivity contribution in [3.05, 3.63) is 53.4 Å². The monoisotopic (exact) mass is 423 g/mol. The van der Waals surface area contributed by atoms with E-state index >= 15 is 0 Å². The Hall–Kier alpha value is -3.39. The number of hydrogen-bond donors (Lipinski definition) is 0. The first-order valence-electron chi connectivity index (χ1n) is 10.2. The topological polar surface area (TPSA) is 81.2 Å². The molecule has 1 saturated heterocycles. The van der Waals surface area contributed by atoms with Gasteiger partial charge in [-0.25, -0.2) is 4.98 Å². The number of anilines is 1. The smallest absolute Gasteiger partial charge is 0.260 e. The van der Waals surface area contributed by atoms with Crippen LogP contribution in [-0.2, 0) is 20.7 Å². The molecule has 0 atom stereocenters. The molecule has 3 heterocycles. The third-order valence-corrected chi connectivity index (χ3v) is 5.29. The van der Waals surface area contributed by atoms with E-state index in [4.69, 9.17) is 14.2 Å². The van der Waals surface area contributed by atoms with Crippen LogP contribution >= 0.6 is 0 Å². The summed E-state index contributed by atoms with van der Waals surface area (Å²) in [5, 5.41) is 0. The molecule has 8 nitrogen and oxygen atoms in total. The van der Waals surface area contributed by atoms with Gasteiger partial charge in [-0.1, -0.05) is 12.1 Å². The van der Waals surface area contributed by atoms with E-state index in [9.17, 15) is 9.59 Å². The Balaban J connectivity index is 1.50. The van der Waals surface area contributed by atoms with E-state index < -0.39 is 0 Å². The zero-order chi connectivity index (χ0) is 21.8. The van der Waals surface area contributed by atoms with Crippen LogP contribution in [0.15, 0.2) is 42.2 Å². The Labute approximate surface area is 181 Å². The molecule has 0 radical (unpaired) electrons. The second-order valence-corrected chi connectivity index (χ2v) is 7.35. The SMILES string of the molecule is COc1cc(C=C2Cc3cccnc3N2C(C)=O)ccc1OCC(=O)N1CCOCC1. The van der Waals surface area contributed by atoms with E-state index in [-0.39, 0.29) is 18.4 Å². The highest BCUT2D eigenvalue weighted by atomic mass is 16.5. The molecule has 2 aliphatic heterocycles. The lowest BCUT2D eigenvalue weighted by Crippen LogP contribution is -2.43. The number of carbonyl (C=O) groups excluding carboxylic acids is 2. The molecule has 1 fully saturated rings. The molecule has 1 aromatic heterocycles. The molecule has 31 heavy (non-hydrogen) atoms. The standard InChI is InChI=1S/C23H25N3O5/c1-16(27)26-19(14-18-4-3-7-24-23(18)26)12-17-5-6-20(21(13-17)29-2)31-15-22(28)25-8-10-30-11-9-25/h3-7,12-13H,8-11,14-15H2,1-2H3. The number of nitrogens with zero attached hydrogens (tertiary/aromatic N) is 3. The molecule has 162 valence electrons. The fourth-order valence-electron chi connectivity index (χ4n) is 3.78. The molecule has 1 aromatic carbocycles. The average molecular weight is 423 g/mol. The Morgan fingerprint density at radius 3 is 2.74 bits per heavy atom. The fourth-order valence-corrected chi connectivity index (χ4v) is 3.78. The largest absolute Gasteiger partial charge is 0.493 e. The molecule has 0 unspecified atom stereocenters. The first kappa shape index (κ1) is 20.9. The van der Waals surface area contributed by atoms with E-state index in [1.165, 1.54) is 6.92 Å². The van der Waals surface area contributed by atoms with Gasteiger partial charge in [0.15, 0.2) is 18.1 Å². The minimum Gasteiger partial charge on any atom is -0.493 e. The van der Waals surface area contributed by atoms with Crippen molar-refractivity contribution in [2.75, 3.05) is 44.9 Å². The van der Waals surface area contributed by atoms with Gasteiger partial charge in [0.25, 0.3) is 5.91 Å². The number of benzene rings is 1. The molecule has 2 aromatic rings. The van der Waals surface area contributed by atoms with Gasteiger partial charge < -0.3 is 19.1 Å². The summed E-state index contributed by atoms with van der Waals surface area (Å²) in [6.45, 7) is 3.73. The lowest BCUT2D eigenvalue weighted by Gasteiger charge is -2.26. The number of carbonyl (C=O) groups is 2. The third kappa shape index (κ3) is 4.54. The van der Waals surface area contributed by atoms with Crippen molar-refractivity contribution < 1.29 is 23.8 Å². The van der Waals surface area contributed by atoms with Gasteiger partial charge in [0, 0.05) is 43.9 Å². The maximum Gasteiger partial charge on any atom is 0.260 e. The minimum atomic E-state index is -0.0859. The lowest BCUT2D eigenvalue weighted by atomic mass is 10.1. The van der Waals surface area contributed by atoms with Gasteiger partial charge in [0.1, 0.15) is 5.82 Å². The number of hydrogen-bond acceptors (Lipinski definition) is 6. The Bertz CT molecular complexity index is 1010. The van der Waals surface area contributed by atoms with Crippen LogP contribution in [0.4, 0.5) is 5.82 Å². The summed E-state index contributed by atoms with van der Waals surface area (Å²) in [6, 6.07) is 9.32. The summed E-state index contributed by atoms with van der Waals surface area (Å²) in [5.74, 6) is 1.52. The predicted molar refractivity (Wildman–Crippen MR) is 115 cm³/mol. The van der Waals surface area contributed by atoms with E-state index in [0.29, 0.717) is 50.0 Å². The summed E-state index contributed by atoms with van der Waals surface area (Å²) in [6.07, 6.45) is 4.25. The number of allylic oxidation sites excluding steroid dienone is 1. The van der Waals surface area contributed by atoms with Crippen molar-refractivity contribution in [1.29, 1.82) is 0 Å². The molecule has 0 saturated carbocycles. The van der Waals surface area contributed by atoms with Crippen LogP contribution in [0.3, 0.4) is 0 Å². The average Bonchev–Trinajstić information content (AvgIpc) is 3.16. The van der Waals surface area contributed by atoms with Gasteiger partial charge in [0.05, 0.1) is 20.3 Å². The fraction of sp³-hybridized carbons (Fsp3) is 0.348. The maximum absolute atomic E-state index is 12.3. The number of ether oxygens (including phenoxy) is 3. The number of pyridine rings is 1. The van der Waals surface area contributed by atoms with E-state index in [1.54, 1.807) is 29.2 Å². The summed E-state index contributed by atoms with van der Waals surface area (Å²) in [7, 11) is 1.56. The zero-order valence-corrected chi connectivity index (χ0v) is 17.7. The highest BCUT2D eigenvalue weighted by Gasteiger charge is 2.28. The molecule has 0 bridgehead atoms. The van der Waals surface area contributed by atoms with E-state index in [2.05, 4.69) is 4.98 Å². The Morgan fingerprint density at radius 1 is 1.19 bits per heavy atom. The van der Waals surface area contributed by atoms with Gasteiger partial charge in [-0.3, -0.25) is 14.5 Å². The van der Waals surface area contributed by atoms with Crippen LogP contribution in [0.5, 0.6) is 11.5 Å². The first-order chi connectivity index (χ1) is 15.1. The van der Waals surface area contributed by atoms with Crippen LogP contribution in [0.2, 0.25) is 0 Å². The van der Waals surface area contributed by atoms with Gasteiger partial charge in [-0.2, -0.15) is 0 Å².